The summed E-state index contributed by atoms with van der Waals surface area (Å²) in [5.74, 6) is 0. The molecule has 1 fully saturated rings. The molecule has 26 heavy (non-hydrogen) atoms. The topological polar surface area (TPSA) is 30.3 Å². The Morgan fingerprint density at radius 1 is 1.15 bits per heavy atom. The molecule has 2 atom stereocenters. The fourth-order valence-electron chi connectivity index (χ4n) is 3.66. The number of rotatable bonds is 4. The Kier molecular flexibility index (Phi) is 4.76. The van der Waals surface area contributed by atoms with Gasteiger partial charge in [-0.25, -0.2) is 4.98 Å². The van der Waals surface area contributed by atoms with Crippen molar-refractivity contribution in [1.29, 1.82) is 0 Å². The molecule has 1 saturated heterocycles. The van der Waals surface area contributed by atoms with Crippen LogP contribution in [0.4, 0.5) is 0 Å². The van der Waals surface area contributed by atoms with E-state index in [1.54, 1.807) is 6.20 Å². The van der Waals surface area contributed by atoms with E-state index in [-0.39, 0.29) is 11.6 Å². The number of hydrogen-bond donors (Lipinski definition) is 0. The third-order valence-corrected chi connectivity index (χ3v) is 5.64. The number of benzene rings is 2. The van der Waals surface area contributed by atoms with Crippen molar-refractivity contribution in [2.45, 2.75) is 24.6 Å². The first-order valence-electron chi connectivity index (χ1n) is 8.45. The van der Waals surface area contributed by atoms with Crippen LogP contribution in [0.3, 0.4) is 0 Å². The van der Waals surface area contributed by atoms with Crippen molar-refractivity contribution in [3.63, 3.8) is 0 Å². The van der Waals surface area contributed by atoms with E-state index in [9.17, 15) is 0 Å². The van der Waals surface area contributed by atoms with Crippen LogP contribution in [0.15, 0.2) is 67.3 Å². The summed E-state index contributed by atoms with van der Waals surface area (Å²) in [6, 6.07) is 15.8. The summed E-state index contributed by atoms with van der Waals surface area (Å²) in [5.41, 5.74) is 1.80. The van der Waals surface area contributed by atoms with Crippen LogP contribution < -0.4 is 0 Å². The minimum absolute atomic E-state index is 0.118. The van der Waals surface area contributed by atoms with E-state index in [0.717, 1.165) is 27.6 Å². The SMILES string of the molecule is CN1OC(c2ccccc2Cl)CC1(Cn1ccnc1)c1ccc(Cl)cc1. The van der Waals surface area contributed by atoms with Crippen LogP contribution in [0.25, 0.3) is 0 Å². The molecule has 0 aliphatic carbocycles. The normalized spacial score (nSPS) is 23.4. The highest BCUT2D eigenvalue weighted by atomic mass is 35.5. The predicted octanol–water partition coefficient (Wildman–Crippen LogP) is 5.09. The molecule has 3 aromatic rings. The second-order valence-corrected chi connectivity index (χ2v) is 7.43. The number of halogens is 2. The van der Waals surface area contributed by atoms with Gasteiger partial charge in [-0.1, -0.05) is 53.5 Å². The summed E-state index contributed by atoms with van der Waals surface area (Å²) in [5, 5.41) is 3.39. The van der Waals surface area contributed by atoms with Crippen molar-refractivity contribution in [3.8, 4) is 0 Å². The molecule has 134 valence electrons. The first kappa shape index (κ1) is 17.6. The predicted molar refractivity (Wildman–Crippen MR) is 103 cm³/mol. The highest BCUT2D eigenvalue weighted by Crippen LogP contribution is 2.48. The van der Waals surface area contributed by atoms with Gasteiger partial charge in [-0.2, -0.15) is 5.06 Å². The van der Waals surface area contributed by atoms with Crippen molar-refractivity contribution < 1.29 is 4.84 Å². The molecule has 0 saturated carbocycles. The van der Waals surface area contributed by atoms with Gasteiger partial charge >= 0.3 is 0 Å². The zero-order valence-corrected chi connectivity index (χ0v) is 15.9. The quantitative estimate of drug-likeness (QED) is 0.624. The van der Waals surface area contributed by atoms with Crippen LogP contribution in [-0.2, 0) is 16.9 Å². The van der Waals surface area contributed by atoms with E-state index >= 15 is 0 Å². The van der Waals surface area contributed by atoms with Crippen molar-refractivity contribution in [2.24, 2.45) is 0 Å². The van der Waals surface area contributed by atoms with Gasteiger partial charge in [0.05, 0.1) is 11.9 Å². The third kappa shape index (κ3) is 3.14. The molecule has 0 bridgehead atoms. The first-order chi connectivity index (χ1) is 12.6. The molecule has 1 aliphatic rings. The lowest BCUT2D eigenvalue weighted by atomic mass is 9.83. The van der Waals surface area contributed by atoms with E-state index in [1.807, 2.05) is 61.0 Å². The zero-order valence-electron chi connectivity index (χ0n) is 14.3. The van der Waals surface area contributed by atoms with E-state index in [2.05, 4.69) is 21.7 Å². The van der Waals surface area contributed by atoms with E-state index in [4.69, 9.17) is 28.0 Å². The molecule has 6 heteroatoms. The van der Waals surface area contributed by atoms with Gasteiger partial charge in [0, 0.05) is 48.0 Å². The summed E-state index contributed by atoms with van der Waals surface area (Å²) in [7, 11) is 1.97. The molecule has 0 radical (unpaired) electrons. The van der Waals surface area contributed by atoms with Crippen LogP contribution in [0.5, 0.6) is 0 Å². The van der Waals surface area contributed by atoms with Crippen LogP contribution in [0.2, 0.25) is 10.0 Å². The number of nitrogens with zero attached hydrogens (tertiary/aromatic N) is 3. The number of likely N-dealkylation sites (N-methyl/N-ethyl adjacent to an activating group) is 1. The highest BCUT2D eigenvalue weighted by Gasteiger charge is 2.47. The average Bonchev–Trinajstić information content (AvgIpc) is 3.25. The maximum atomic E-state index is 6.42. The minimum Gasteiger partial charge on any atom is -0.335 e. The van der Waals surface area contributed by atoms with Crippen LogP contribution in [0, 0.1) is 0 Å². The van der Waals surface area contributed by atoms with E-state index in [1.165, 1.54) is 0 Å². The summed E-state index contributed by atoms with van der Waals surface area (Å²) in [6.45, 7) is 0.714. The molecule has 4 rings (SSSR count). The van der Waals surface area contributed by atoms with Gasteiger partial charge in [-0.05, 0) is 23.8 Å². The first-order valence-corrected chi connectivity index (χ1v) is 9.21. The highest BCUT2D eigenvalue weighted by molar-refractivity contribution is 6.31. The summed E-state index contributed by atoms with van der Waals surface area (Å²) in [4.78, 5) is 10.4. The lowest BCUT2D eigenvalue weighted by Gasteiger charge is -2.34. The fourth-order valence-corrected chi connectivity index (χ4v) is 4.05. The third-order valence-electron chi connectivity index (χ3n) is 5.05. The van der Waals surface area contributed by atoms with Gasteiger partial charge in [-0.15, -0.1) is 0 Å². The van der Waals surface area contributed by atoms with E-state index < -0.39 is 0 Å². The summed E-state index contributed by atoms with van der Waals surface area (Å²) in [6.07, 6.45) is 6.24. The van der Waals surface area contributed by atoms with Crippen molar-refractivity contribution >= 4 is 23.2 Å². The maximum Gasteiger partial charge on any atom is 0.108 e. The Hall–Kier alpha value is -1.85. The second-order valence-electron chi connectivity index (χ2n) is 6.59. The molecule has 0 spiro atoms. The van der Waals surface area contributed by atoms with Crippen molar-refractivity contribution in [1.82, 2.24) is 14.6 Å². The Balaban J connectivity index is 1.75. The van der Waals surface area contributed by atoms with Gasteiger partial charge in [0.25, 0.3) is 0 Å². The number of imidazole rings is 1. The molecule has 4 nitrogen and oxygen atoms in total. The van der Waals surface area contributed by atoms with E-state index in [0.29, 0.717) is 6.54 Å². The smallest absolute Gasteiger partial charge is 0.108 e. The van der Waals surface area contributed by atoms with Crippen LogP contribution in [0.1, 0.15) is 23.7 Å². The van der Waals surface area contributed by atoms with Gasteiger partial charge in [0.15, 0.2) is 0 Å². The monoisotopic (exact) mass is 387 g/mol. The number of hydroxylamine groups is 2. The Morgan fingerprint density at radius 3 is 2.62 bits per heavy atom. The van der Waals surface area contributed by atoms with Crippen molar-refractivity contribution in [2.75, 3.05) is 7.05 Å². The second kappa shape index (κ2) is 7.05. The van der Waals surface area contributed by atoms with Crippen LogP contribution >= 0.6 is 23.2 Å². The number of aromatic nitrogens is 2. The molecular weight excluding hydrogens is 369 g/mol. The average molecular weight is 388 g/mol. The molecule has 0 N–H and O–H groups in total. The molecular formula is C20H19Cl2N3O. The number of hydrogen-bond acceptors (Lipinski definition) is 3. The minimum atomic E-state index is -0.352. The Morgan fingerprint density at radius 2 is 1.92 bits per heavy atom. The lowest BCUT2D eigenvalue weighted by molar-refractivity contribution is -0.176. The standard InChI is InChI=1S/C20H19Cl2N3O/c1-24-20(13-25-11-10-23-14-25,15-6-8-16(21)9-7-15)12-19(26-24)17-4-2-3-5-18(17)22/h2-11,14,19H,12-13H2,1H3. The molecule has 2 unspecified atom stereocenters. The molecule has 1 aliphatic heterocycles. The van der Waals surface area contributed by atoms with Gasteiger partial charge < -0.3 is 4.57 Å². The zero-order chi connectivity index (χ0) is 18.1. The van der Waals surface area contributed by atoms with Crippen molar-refractivity contribution in [3.05, 3.63) is 88.4 Å². The van der Waals surface area contributed by atoms with Gasteiger partial charge in [0.2, 0.25) is 0 Å². The van der Waals surface area contributed by atoms with Gasteiger partial charge in [0.1, 0.15) is 6.10 Å². The molecule has 2 heterocycles. The fraction of sp³-hybridized carbons (Fsp3) is 0.250. The Bertz CT molecular complexity index is 882. The molecule has 0 amide bonds. The summed E-state index contributed by atoms with van der Waals surface area (Å²) < 4.78 is 2.07. The largest absolute Gasteiger partial charge is 0.335 e. The van der Waals surface area contributed by atoms with Crippen LogP contribution in [-0.4, -0.2) is 21.7 Å². The Labute approximate surface area is 162 Å². The van der Waals surface area contributed by atoms with Gasteiger partial charge in [-0.3, -0.25) is 4.84 Å². The maximum absolute atomic E-state index is 6.42. The molecule has 1 aromatic heterocycles. The summed E-state index contributed by atoms with van der Waals surface area (Å²) >= 11 is 12.5. The molecule has 2 aromatic carbocycles. The lowest BCUT2D eigenvalue weighted by Crippen LogP contribution is -2.41.